The number of hydrogen-bond donors (Lipinski definition) is 1. The first-order chi connectivity index (χ1) is 8.68. The SMILES string of the molecule is O=C(O)CCSCn1nnc2ccccc2c1=O. The number of fused-ring (bicyclic) bond motifs is 1. The van der Waals surface area contributed by atoms with Crippen molar-refractivity contribution < 1.29 is 9.90 Å². The molecule has 0 aliphatic heterocycles. The number of carboxylic acids is 1. The van der Waals surface area contributed by atoms with Crippen LogP contribution in [0, 0.1) is 0 Å². The molecule has 0 saturated heterocycles. The third kappa shape index (κ3) is 2.86. The van der Waals surface area contributed by atoms with Gasteiger partial charge in [-0.05, 0) is 12.1 Å². The van der Waals surface area contributed by atoms with E-state index in [0.29, 0.717) is 22.5 Å². The zero-order valence-corrected chi connectivity index (χ0v) is 10.3. The van der Waals surface area contributed by atoms with Crippen molar-refractivity contribution >= 4 is 28.6 Å². The van der Waals surface area contributed by atoms with E-state index in [4.69, 9.17) is 5.11 Å². The van der Waals surface area contributed by atoms with Crippen LogP contribution in [0.25, 0.3) is 10.9 Å². The number of carbonyl (C=O) groups is 1. The smallest absolute Gasteiger partial charge is 0.304 e. The maximum Gasteiger partial charge on any atom is 0.304 e. The molecule has 2 aromatic rings. The predicted molar refractivity (Wildman–Crippen MR) is 68.5 cm³/mol. The van der Waals surface area contributed by atoms with Crippen molar-refractivity contribution in [2.45, 2.75) is 12.3 Å². The minimum Gasteiger partial charge on any atom is -0.481 e. The average molecular weight is 265 g/mol. The summed E-state index contributed by atoms with van der Waals surface area (Å²) in [4.78, 5) is 22.3. The van der Waals surface area contributed by atoms with Gasteiger partial charge in [-0.2, -0.15) is 0 Å². The molecule has 1 heterocycles. The van der Waals surface area contributed by atoms with Crippen LogP contribution in [-0.2, 0) is 10.7 Å². The van der Waals surface area contributed by atoms with Gasteiger partial charge in [-0.15, -0.1) is 16.9 Å². The highest BCUT2D eigenvalue weighted by Gasteiger charge is 2.05. The zero-order valence-electron chi connectivity index (χ0n) is 9.44. The highest BCUT2D eigenvalue weighted by atomic mass is 32.2. The monoisotopic (exact) mass is 265 g/mol. The third-order valence-electron chi connectivity index (χ3n) is 2.30. The standard InChI is InChI=1S/C11H11N3O3S/c15-10(16)5-6-18-7-14-11(17)8-3-1-2-4-9(8)12-13-14/h1-4H,5-7H2,(H,15,16). The van der Waals surface area contributed by atoms with Crippen LogP contribution in [0.3, 0.4) is 0 Å². The number of carboxylic acid groups (broad SMARTS) is 1. The summed E-state index contributed by atoms with van der Waals surface area (Å²) >= 11 is 1.34. The maximum absolute atomic E-state index is 12.0. The Labute approximate surface area is 107 Å². The summed E-state index contributed by atoms with van der Waals surface area (Å²) in [6.07, 6.45) is 0.0699. The molecule has 0 spiro atoms. The van der Waals surface area contributed by atoms with Crippen LogP contribution in [-0.4, -0.2) is 31.8 Å². The molecule has 1 aromatic heterocycles. The van der Waals surface area contributed by atoms with E-state index in [1.54, 1.807) is 24.3 Å². The van der Waals surface area contributed by atoms with E-state index in [2.05, 4.69) is 10.3 Å². The number of benzene rings is 1. The minimum atomic E-state index is -0.848. The van der Waals surface area contributed by atoms with Gasteiger partial charge in [0.15, 0.2) is 0 Å². The Morgan fingerprint density at radius 3 is 2.94 bits per heavy atom. The lowest BCUT2D eigenvalue weighted by atomic mass is 10.2. The van der Waals surface area contributed by atoms with Crippen molar-refractivity contribution in [3.05, 3.63) is 34.6 Å². The Morgan fingerprint density at radius 1 is 1.39 bits per heavy atom. The molecular formula is C11H11N3O3S. The van der Waals surface area contributed by atoms with Gasteiger partial charge in [0.05, 0.1) is 17.7 Å². The van der Waals surface area contributed by atoms with E-state index >= 15 is 0 Å². The van der Waals surface area contributed by atoms with Crippen LogP contribution < -0.4 is 5.56 Å². The molecule has 94 valence electrons. The van der Waals surface area contributed by atoms with Crippen molar-refractivity contribution in [3.63, 3.8) is 0 Å². The van der Waals surface area contributed by atoms with Crippen molar-refractivity contribution in [2.24, 2.45) is 0 Å². The summed E-state index contributed by atoms with van der Waals surface area (Å²) in [5.41, 5.74) is 0.359. The number of nitrogens with zero attached hydrogens (tertiary/aromatic N) is 3. The molecule has 7 heteroatoms. The molecule has 2 rings (SSSR count). The summed E-state index contributed by atoms with van der Waals surface area (Å²) < 4.78 is 1.24. The van der Waals surface area contributed by atoms with Crippen LogP contribution in [0.5, 0.6) is 0 Å². The molecule has 0 fully saturated rings. The number of hydrogen-bond acceptors (Lipinski definition) is 5. The molecular weight excluding hydrogens is 254 g/mol. The molecule has 18 heavy (non-hydrogen) atoms. The largest absolute Gasteiger partial charge is 0.481 e. The van der Waals surface area contributed by atoms with Gasteiger partial charge in [-0.3, -0.25) is 9.59 Å². The fourth-order valence-corrected chi connectivity index (χ4v) is 2.21. The average Bonchev–Trinajstić information content (AvgIpc) is 2.37. The maximum atomic E-state index is 12.0. The molecule has 0 aliphatic rings. The van der Waals surface area contributed by atoms with Gasteiger partial charge in [-0.25, -0.2) is 4.68 Å². The number of aliphatic carboxylic acids is 1. The van der Waals surface area contributed by atoms with Crippen LogP contribution in [0.2, 0.25) is 0 Å². The summed E-state index contributed by atoms with van der Waals surface area (Å²) in [5.74, 6) is -0.0975. The minimum absolute atomic E-state index is 0.0699. The summed E-state index contributed by atoms with van der Waals surface area (Å²) in [6.45, 7) is 0. The van der Waals surface area contributed by atoms with Crippen molar-refractivity contribution in [3.8, 4) is 0 Å². The van der Waals surface area contributed by atoms with Gasteiger partial charge in [0, 0.05) is 5.75 Å². The lowest BCUT2D eigenvalue weighted by molar-refractivity contribution is -0.136. The number of rotatable bonds is 5. The van der Waals surface area contributed by atoms with Crippen LogP contribution >= 0.6 is 11.8 Å². The quantitative estimate of drug-likeness (QED) is 0.810. The lowest BCUT2D eigenvalue weighted by Crippen LogP contribution is -2.23. The summed E-state index contributed by atoms with van der Waals surface area (Å²) in [6, 6.07) is 6.99. The highest BCUT2D eigenvalue weighted by molar-refractivity contribution is 7.98. The number of thioether (sulfide) groups is 1. The van der Waals surface area contributed by atoms with E-state index in [9.17, 15) is 9.59 Å². The second-order valence-corrected chi connectivity index (χ2v) is 4.67. The molecule has 1 aromatic carbocycles. The van der Waals surface area contributed by atoms with Crippen LogP contribution in [0.4, 0.5) is 0 Å². The Kier molecular flexibility index (Phi) is 3.93. The van der Waals surface area contributed by atoms with E-state index in [0.717, 1.165) is 0 Å². The normalized spacial score (nSPS) is 10.7. The molecule has 1 N–H and O–H groups in total. The zero-order chi connectivity index (χ0) is 13.0. The van der Waals surface area contributed by atoms with Gasteiger partial charge < -0.3 is 5.11 Å². The van der Waals surface area contributed by atoms with Gasteiger partial charge >= 0.3 is 5.97 Å². The van der Waals surface area contributed by atoms with Crippen LogP contribution in [0.15, 0.2) is 29.1 Å². The summed E-state index contributed by atoms with van der Waals surface area (Å²) in [7, 11) is 0. The second kappa shape index (κ2) is 5.63. The first-order valence-corrected chi connectivity index (χ1v) is 6.46. The fraction of sp³-hybridized carbons (Fsp3) is 0.273. The summed E-state index contributed by atoms with van der Waals surface area (Å²) in [5, 5.41) is 16.8. The van der Waals surface area contributed by atoms with Crippen molar-refractivity contribution in [1.29, 1.82) is 0 Å². The Morgan fingerprint density at radius 2 is 2.17 bits per heavy atom. The first-order valence-electron chi connectivity index (χ1n) is 5.30. The molecule has 6 nitrogen and oxygen atoms in total. The van der Waals surface area contributed by atoms with Gasteiger partial charge in [0.25, 0.3) is 5.56 Å². The molecule has 0 saturated carbocycles. The van der Waals surface area contributed by atoms with E-state index in [-0.39, 0.29) is 12.0 Å². The molecule has 0 amide bonds. The molecule has 0 radical (unpaired) electrons. The van der Waals surface area contributed by atoms with Gasteiger partial charge in [0.1, 0.15) is 5.52 Å². The van der Waals surface area contributed by atoms with Gasteiger partial charge in [-0.1, -0.05) is 17.3 Å². The lowest BCUT2D eigenvalue weighted by Gasteiger charge is -2.03. The Balaban J connectivity index is 2.12. The fourth-order valence-electron chi connectivity index (χ4n) is 1.42. The van der Waals surface area contributed by atoms with Crippen LogP contribution in [0.1, 0.15) is 6.42 Å². The highest BCUT2D eigenvalue weighted by Crippen LogP contribution is 2.07. The predicted octanol–water partition coefficient (Wildman–Crippen LogP) is 0.957. The molecule has 0 unspecified atom stereocenters. The molecule has 0 aliphatic carbocycles. The first kappa shape index (κ1) is 12.6. The Bertz CT molecular complexity index is 626. The Hall–Kier alpha value is -1.89. The van der Waals surface area contributed by atoms with E-state index in [1.165, 1.54) is 16.4 Å². The molecule has 0 atom stereocenters. The molecule has 0 bridgehead atoms. The van der Waals surface area contributed by atoms with Crippen molar-refractivity contribution in [2.75, 3.05) is 5.75 Å². The number of aromatic nitrogens is 3. The van der Waals surface area contributed by atoms with E-state index < -0.39 is 5.97 Å². The van der Waals surface area contributed by atoms with Gasteiger partial charge in [0.2, 0.25) is 0 Å². The van der Waals surface area contributed by atoms with E-state index in [1.807, 2.05) is 0 Å². The van der Waals surface area contributed by atoms with Crippen molar-refractivity contribution in [1.82, 2.24) is 15.0 Å². The second-order valence-electron chi connectivity index (χ2n) is 3.59. The third-order valence-corrected chi connectivity index (χ3v) is 3.22. The topological polar surface area (TPSA) is 85.1 Å².